The van der Waals surface area contributed by atoms with Gasteiger partial charge in [0.05, 0.1) is 0 Å². The molecule has 0 unspecified atom stereocenters. The van der Waals surface area contributed by atoms with E-state index in [-0.39, 0.29) is 10.7 Å². The summed E-state index contributed by atoms with van der Waals surface area (Å²) in [5.74, 6) is 0. The van der Waals surface area contributed by atoms with E-state index in [2.05, 4.69) is 4.98 Å². The van der Waals surface area contributed by atoms with Crippen LogP contribution in [0.1, 0.15) is 0 Å². The SMILES string of the molecule is O=c1c(Cl)nc2oc3ccccc3c2n1-c1ccccc1. The third-order valence-corrected chi connectivity index (χ3v) is 3.61. The summed E-state index contributed by atoms with van der Waals surface area (Å²) < 4.78 is 7.23. The Morgan fingerprint density at radius 3 is 2.52 bits per heavy atom. The van der Waals surface area contributed by atoms with Gasteiger partial charge in [0, 0.05) is 11.1 Å². The fourth-order valence-electron chi connectivity index (χ4n) is 2.47. The Bertz CT molecular complexity index is 1020. The molecule has 2 aromatic carbocycles. The van der Waals surface area contributed by atoms with Crippen LogP contribution in [0.4, 0.5) is 0 Å². The molecule has 0 aliphatic heterocycles. The lowest BCUT2D eigenvalue weighted by atomic mass is 10.2. The maximum absolute atomic E-state index is 12.5. The van der Waals surface area contributed by atoms with Crippen molar-refractivity contribution in [2.24, 2.45) is 0 Å². The molecule has 0 amide bonds. The van der Waals surface area contributed by atoms with E-state index in [1.165, 1.54) is 4.57 Å². The molecule has 0 saturated carbocycles. The van der Waals surface area contributed by atoms with Crippen molar-refractivity contribution >= 4 is 33.8 Å². The summed E-state index contributed by atoms with van der Waals surface area (Å²) in [5, 5.41) is 0.725. The van der Waals surface area contributed by atoms with Crippen LogP contribution in [0.5, 0.6) is 0 Å². The normalized spacial score (nSPS) is 11.3. The number of para-hydroxylation sites is 2. The molecule has 0 aliphatic rings. The maximum atomic E-state index is 12.5. The molecule has 0 radical (unpaired) electrons. The predicted molar refractivity (Wildman–Crippen MR) is 82.1 cm³/mol. The number of hydrogen-bond acceptors (Lipinski definition) is 3. The van der Waals surface area contributed by atoms with E-state index in [0.29, 0.717) is 16.8 Å². The first kappa shape index (κ1) is 12.2. The van der Waals surface area contributed by atoms with Gasteiger partial charge in [-0.15, -0.1) is 0 Å². The van der Waals surface area contributed by atoms with Gasteiger partial charge in [-0.1, -0.05) is 41.9 Å². The highest BCUT2D eigenvalue weighted by molar-refractivity contribution is 6.29. The summed E-state index contributed by atoms with van der Waals surface area (Å²) >= 11 is 5.97. The number of fused-ring (bicyclic) bond motifs is 3. The van der Waals surface area contributed by atoms with Crippen molar-refractivity contribution in [3.8, 4) is 5.69 Å². The summed E-state index contributed by atoms with van der Waals surface area (Å²) in [5.41, 5.74) is 2.02. The van der Waals surface area contributed by atoms with Gasteiger partial charge in [0.25, 0.3) is 5.56 Å². The quantitative estimate of drug-likeness (QED) is 0.537. The summed E-state index contributed by atoms with van der Waals surface area (Å²) in [6, 6.07) is 16.8. The standard InChI is InChI=1S/C16H9ClN2O2/c17-14-16(20)19(10-6-2-1-3-7-10)13-11-8-4-5-9-12(11)21-15(13)18-14/h1-9H. The number of aromatic nitrogens is 2. The van der Waals surface area contributed by atoms with E-state index in [0.717, 1.165) is 11.1 Å². The zero-order valence-electron chi connectivity index (χ0n) is 10.8. The summed E-state index contributed by atoms with van der Waals surface area (Å²) in [6.07, 6.45) is 0. The zero-order chi connectivity index (χ0) is 14.4. The van der Waals surface area contributed by atoms with E-state index in [4.69, 9.17) is 16.0 Å². The molecular weight excluding hydrogens is 288 g/mol. The minimum absolute atomic E-state index is 0.106. The number of halogens is 1. The van der Waals surface area contributed by atoms with Gasteiger partial charge in [-0.05, 0) is 24.3 Å². The Balaban J connectivity index is 2.27. The molecule has 2 heterocycles. The van der Waals surface area contributed by atoms with Crippen molar-refractivity contribution in [2.75, 3.05) is 0 Å². The molecule has 0 aliphatic carbocycles. The zero-order valence-corrected chi connectivity index (χ0v) is 11.5. The minimum Gasteiger partial charge on any atom is -0.436 e. The van der Waals surface area contributed by atoms with Crippen LogP contribution < -0.4 is 5.56 Å². The average molecular weight is 297 g/mol. The van der Waals surface area contributed by atoms with Gasteiger partial charge in [0.1, 0.15) is 11.1 Å². The lowest BCUT2D eigenvalue weighted by Crippen LogP contribution is -2.20. The highest BCUT2D eigenvalue weighted by Crippen LogP contribution is 2.28. The van der Waals surface area contributed by atoms with Gasteiger partial charge in [-0.2, -0.15) is 4.98 Å². The fraction of sp³-hybridized carbons (Fsp3) is 0. The van der Waals surface area contributed by atoms with Gasteiger partial charge < -0.3 is 4.42 Å². The van der Waals surface area contributed by atoms with Crippen molar-refractivity contribution < 1.29 is 4.42 Å². The van der Waals surface area contributed by atoms with Crippen LogP contribution in [0, 0.1) is 0 Å². The van der Waals surface area contributed by atoms with Crippen molar-refractivity contribution in [3.63, 3.8) is 0 Å². The van der Waals surface area contributed by atoms with E-state index >= 15 is 0 Å². The van der Waals surface area contributed by atoms with Crippen LogP contribution in [-0.4, -0.2) is 9.55 Å². The highest BCUT2D eigenvalue weighted by atomic mass is 35.5. The second-order valence-corrected chi connectivity index (χ2v) is 4.99. The minimum atomic E-state index is -0.359. The number of benzene rings is 2. The number of rotatable bonds is 1. The number of furan rings is 1. The molecule has 0 N–H and O–H groups in total. The first-order valence-electron chi connectivity index (χ1n) is 6.41. The van der Waals surface area contributed by atoms with Crippen LogP contribution in [0.3, 0.4) is 0 Å². The lowest BCUT2D eigenvalue weighted by Gasteiger charge is -2.07. The molecule has 4 rings (SSSR count). The molecule has 102 valence electrons. The monoisotopic (exact) mass is 296 g/mol. The largest absolute Gasteiger partial charge is 0.436 e. The molecule has 0 saturated heterocycles. The van der Waals surface area contributed by atoms with Gasteiger partial charge in [0.15, 0.2) is 5.15 Å². The smallest absolute Gasteiger partial charge is 0.293 e. The molecule has 0 bridgehead atoms. The van der Waals surface area contributed by atoms with Crippen molar-refractivity contribution in [1.29, 1.82) is 0 Å². The molecule has 21 heavy (non-hydrogen) atoms. The van der Waals surface area contributed by atoms with Crippen LogP contribution in [0.2, 0.25) is 5.15 Å². The molecule has 4 nitrogen and oxygen atoms in total. The fourth-order valence-corrected chi connectivity index (χ4v) is 2.63. The summed E-state index contributed by atoms with van der Waals surface area (Å²) in [7, 11) is 0. The highest BCUT2D eigenvalue weighted by Gasteiger charge is 2.17. The first-order chi connectivity index (χ1) is 10.3. The number of hydrogen-bond donors (Lipinski definition) is 0. The Hall–Kier alpha value is -2.59. The van der Waals surface area contributed by atoms with Crippen molar-refractivity contribution in [3.05, 3.63) is 70.1 Å². The van der Waals surface area contributed by atoms with Crippen LogP contribution >= 0.6 is 11.6 Å². The molecule has 5 heteroatoms. The molecule has 0 atom stereocenters. The van der Waals surface area contributed by atoms with Crippen molar-refractivity contribution in [2.45, 2.75) is 0 Å². The van der Waals surface area contributed by atoms with E-state index in [1.807, 2.05) is 54.6 Å². The van der Waals surface area contributed by atoms with E-state index in [1.54, 1.807) is 0 Å². The summed E-state index contributed by atoms with van der Waals surface area (Å²) in [6.45, 7) is 0. The molecule has 4 aromatic rings. The second-order valence-electron chi connectivity index (χ2n) is 4.63. The van der Waals surface area contributed by atoms with Crippen LogP contribution in [0.25, 0.3) is 27.9 Å². The predicted octanol–water partition coefficient (Wildman–Crippen LogP) is 3.79. The lowest BCUT2D eigenvalue weighted by molar-refractivity contribution is 0.651. The van der Waals surface area contributed by atoms with Gasteiger partial charge in [0.2, 0.25) is 5.71 Å². The van der Waals surface area contributed by atoms with Gasteiger partial charge in [-0.25, -0.2) is 0 Å². The van der Waals surface area contributed by atoms with Crippen molar-refractivity contribution in [1.82, 2.24) is 9.55 Å². The molecule has 0 spiro atoms. The topological polar surface area (TPSA) is 48.0 Å². The Labute approximate surface area is 124 Å². The number of nitrogens with zero attached hydrogens (tertiary/aromatic N) is 2. The van der Waals surface area contributed by atoms with Gasteiger partial charge in [-0.3, -0.25) is 9.36 Å². The third-order valence-electron chi connectivity index (χ3n) is 3.37. The molecule has 0 fully saturated rings. The second kappa shape index (κ2) is 4.46. The summed E-state index contributed by atoms with van der Waals surface area (Å²) in [4.78, 5) is 16.5. The first-order valence-corrected chi connectivity index (χ1v) is 6.79. The molecule has 2 aromatic heterocycles. The Kier molecular flexibility index (Phi) is 2.59. The average Bonchev–Trinajstić information content (AvgIpc) is 2.87. The Morgan fingerprint density at radius 2 is 1.71 bits per heavy atom. The van der Waals surface area contributed by atoms with Gasteiger partial charge >= 0.3 is 0 Å². The molecular formula is C16H9ClN2O2. The van der Waals surface area contributed by atoms with Crippen LogP contribution in [-0.2, 0) is 0 Å². The maximum Gasteiger partial charge on any atom is 0.293 e. The third kappa shape index (κ3) is 1.76. The van der Waals surface area contributed by atoms with E-state index in [9.17, 15) is 4.79 Å². The van der Waals surface area contributed by atoms with E-state index < -0.39 is 0 Å². The van der Waals surface area contributed by atoms with Crippen LogP contribution in [0.15, 0.2) is 63.8 Å². The Morgan fingerprint density at radius 1 is 1.00 bits per heavy atom.